The number of nitrogens with zero attached hydrogens (tertiary/aromatic N) is 1. The molecule has 0 aromatic heterocycles. The number of rotatable bonds is 2. The van der Waals surface area contributed by atoms with Crippen LogP contribution < -0.4 is 0 Å². The Balaban J connectivity index is 2.85. The second-order valence-corrected chi connectivity index (χ2v) is 5.12. The molecule has 1 aliphatic heterocycles. The lowest BCUT2D eigenvalue weighted by Gasteiger charge is -2.29. The smallest absolute Gasteiger partial charge is 0.411 e. The van der Waals surface area contributed by atoms with Crippen LogP contribution in [0.3, 0.4) is 0 Å². The normalized spacial score (nSPS) is 24.5. The number of amides is 1. The highest BCUT2D eigenvalue weighted by Gasteiger charge is 2.41. The molecule has 2 atom stereocenters. The van der Waals surface area contributed by atoms with E-state index in [4.69, 9.17) is 9.84 Å². The number of carbonyl (C=O) groups is 2. The third-order valence-electron chi connectivity index (χ3n) is 2.59. The molecule has 0 bridgehead atoms. The van der Waals surface area contributed by atoms with E-state index < -0.39 is 23.7 Å². The van der Waals surface area contributed by atoms with Crippen LogP contribution in [0.5, 0.6) is 0 Å². The lowest BCUT2D eigenvalue weighted by molar-refractivity contribution is -0.142. The van der Waals surface area contributed by atoms with Gasteiger partial charge in [0.2, 0.25) is 0 Å². The first-order valence-corrected chi connectivity index (χ1v) is 5.63. The molecular weight excluding hydrogens is 222 g/mol. The average Bonchev–Trinajstić information content (AvgIpc) is 2.57. The molecule has 17 heavy (non-hydrogen) atoms. The summed E-state index contributed by atoms with van der Waals surface area (Å²) in [5.74, 6) is -1.000. The summed E-state index contributed by atoms with van der Waals surface area (Å²) in [5.41, 5.74) is -0.631. The van der Waals surface area contributed by atoms with Crippen molar-refractivity contribution in [3.63, 3.8) is 0 Å². The molecule has 0 spiro atoms. The zero-order valence-electron chi connectivity index (χ0n) is 10.5. The molecule has 0 saturated carbocycles. The Morgan fingerprint density at radius 2 is 2.00 bits per heavy atom. The van der Waals surface area contributed by atoms with E-state index >= 15 is 0 Å². The van der Waals surface area contributed by atoms with E-state index in [1.54, 1.807) is 26.8 Å². The molecule has 96 valence electrons. The van der Waals surface area contributed by atoms with Gasteiger partial charge in [0.05, 0.1) is 6.04 Å². The van der Waals surface area contributed by atoms with Crippen molar-refractivity contribution in [2.45, 2.75) is 51.3 Å². The Hall–Kier alpha value is -1.52. The molecule has 1 aliphatic rings. The number of hydrogen-bond donors (Lipinski definition) is 1. The van der Waals surface area contributed by atoms with Crippen LogP contribution in [-0.2, 0) is 9.53 Å². The van der Waals surface area contributed by atoms with Gasteiger partial charge in [-0.1, -0.05) is 6.08 Å². The Morgan fingerprint density at radius 1 is 1.41 bits per heavy atom. The fourth-order valence-corrected chi connectivity index (χ4v) is 1.89. The zero-order valence-corrected chi connectivity index (χ0v) is 10.5. The summed E-state index contributed by atoms with van der Waals surface area (Å²) < 4.78 is 5.21. The van der Waals surface area contributed by atoms with E-state index in [0.29, 0.717) is 12.8 Å². The van der Waals surface area contributed by atoms with Crippen molar-refractivity contribution in [1.82, 2.24) is 4.90 Å². The highest BCUT2D eigenvalue weighted by molar-refractivity contribution is 5.81. The highest BCUT2D eigenvalue weighted by atomic mass is 16.6. The van der Waals surface area contributed by atoms with Gasteiger partial charge in [0, 0.05) is 0 Å². The molecule has 0 aliphatic carbocycles. The van der Waals surface area contributed by atoms with Crippen molar-refractivity contribution < 1.29 is 19.4 Å². The predicted octanol–water partition coefficient (Wildman–Crippen LogP) is 2.03. The van der Waals surface area contributed by atoms with Crippen LogP contribution in [-0.4, -0.2) is 39.8 Å². The van der Waals surface area contributed by atoms with E-state index in [2.05, 4.69) is 6.58 Å². The van der Waals surface area contributed by atoms with Gasteiger partial charge < -0.3 is 9.84 Å². The topological polar surface area (TPSA) is 66.8 Å². The zero-order chi connectivity index (χ0) is 13.2. The van der Waals surface area contributed by atoms with E-state index in [9.17, 15) is 9.59 Å². The minimum atomic E-state index is -1.000. The van der Waals surface area contributed by atoms with Gasteiger partial charge in [-0.25, -0.2) is 9.59 Å². The summed E-state index contributed by atoms with van der Waals surface area (Å²) in [6, 6.07) is -1.07. The summed E-state index contributed by atoms with van der Waals surface area (Å²) in [6.07, 6.45) is 2.05. The molecular formula is C12H19NO4. The second kappa shape index (κ2) is 4.77. The van der Waals surface area contributed by atoms with Gasteiger partial charge in [0.25, 0.3) is 0 Å². The second-order valence-electron chi connectivity index (χ2n) is 5.12. The number of likely N-dealkylation sites (tertiary alicyclic amines) is 1. The average molecular weight is 241 g/mol. The third-order valence-corrected chi connectivity index (χ3v) is 2.59. The van der Waals surface area contributed by atoms with Crippen LogP contribution in [0.2, 0.25) is 0 Å². The fraction of sp³-hybridized carbons (Fsp3) is 0.667. The lowest BCUT2D eigenvalue weighted by atomic mass is 10.2. The van der Waals surface area contributed by atoms with Crippen molar-refractivity contribution in [3.8, 4) is 0 Å². The first-order valence-electron chi connectivity index (χ1n) is 5.63. The van der Waals surface area contributed by atoms with E-state index in [0.717, 1.165) is 0 Å². The van der Waals surface area contributed by atoms with Crippen molar-refractivity contribution >= 4 is 12.1 Å². The van der Waals surface area contributed by atoms with Crippen molar-refractivity contribution in [2.75, 3.05) is 0 Å². The minimum absolute atomic E-state index is 0.258. The summed E-state index contributed by atoms with van der Waals surface area (Å²) in [5, 5.41) is 9.06. The quantitative estimate of drug-likeness (QED) is 0.751. The fourth-order valence-electron chi connectivity index (χ4n) is 1.89. The van der Waals surface area contributed by atoms with E-state index in [-0.39, 0.29) is 6.04 Å². The standard InChI is InChI=1S/C12H19NO4/c1-5-8-6-7-9(10(14)15)13(8)11(16)17-12(2,3)4/h5,8-9H,1,6-7H2,2-4H3,(H,14,15)/t8-,9+/m0/s1. The molecule has 0 aromatic carbocycles. The van der Waals surface area contributed by atoms with Crippen molar-refractivity contribution in [3.05, 3.63) is 12.7 Å². The number of ether oxygens (including phenoxy) is 1. The molecule has 0 unspecified atom stereocenters. The van der Waals surface area contributed by atoms with Crippen LogP contribution in [0.1, 0.15) is 33.6 Å². The van der Waals surface area contributed by atoms with Crippen LogP contribution in [0.25, 0.3) is 0 Å². The molecule has 1 saturated heterocycles. The van der Waals surface area contributed by atoms with Gasteiger partial charge in [0.15, 0.2) is 0 Å². The third kappa shape index (κ3) is 3.22. The molecule has 0 aromatic rings. The molecule has 5 nitrogen and oxygen atoms in total. The van der Waals surface area contributed by atoms with E-state index in [1.807, 2.05) is 0 Å². The molecule has 1 rings (SSSR count). The van der Waals surface area contributed by atoms with Gasteiger partial charge in [-0.15, -0.1) is 6.58 Å². The first kappa shape index (κ1) is 13.5. The molecule has 1 amide bonds. The highest BCUT2D eigenvalue weighted by Crippen LogP contribution is 2.27. The molecule has 0 radical (unpaired) electrons. The molecule has 5 heteroatoms. The van der Waals surface area contributed by atoms with Gasteiger partial charge >= 0.3 is 12.1 Å². The maximum atomic E-state index is 11.9. The summed E-state index contributed by atoms with van der Waals surface area (Å²) in [7, 11) is 0. The summed E-state index contributed by atoms with van der Waals surface area (Å²) in [4.78, 5) is 24.3. The van der Waals surface area contributed by atoms with E-state index in [1.165, 1.54) is 4.90 Å². The Bertz CT molecular complexity index is 332. The van der Waals surface area contributed by atoms with Gasteiger partial charge in [-0.2, -0.15) is 0 Å². The maximum absolute atomic E-state index is 11.9. The van der Waals surface area contributed by atoms with Crippen molar-refractivity contribution in [1.29, 1.82) is 0 Å². The number of carbonyl (C=O) groups excluding carboxylic acids is 1. The van der Waals surface area contributed by atoms with Gasteiger partial charge in [-0.05, 0) is 33.6 Å². The monoisotopic (exact) mass is 241 g/mol. The Kier molecular flexibility index (Phi) is 3.80. The maximum Gasteiger partial charge on any atom is 0.411 e. The number of carboxylic acids is 1. The lowest BCUT2D eigenvalue weighted by Crippen LogP contribution is -2.46. The molecule has 1 fully saturated rings. The Morgan fingerprint density at radius 3 is 2.41 bits per heavy atom. The molecule has 1 N–H and O–H groups in total. The first-order chi connectivity index (χ1) is 7.76. The van der Waals surface area contributed by atoms with Crippen LogP contribution in [0, 0.1) is 0 Å². The Labute approximate surface area is 101 Å². The minimum Gasteiger partial charge on any atom is -0.480 e. The summed E-state index contributed by atoms with van der Waals surface area (Å²) in [6.45, 7) is 8.87. The molecule has 1 heterocycles. The van der Waals surface area contributed by atoms with Crippen LogP contribution in [0.4, 0.5) is 4.79 Å². The number of aliphatic carboxylic acids is 1. The predicted molar refractivity (Wildman–Crippen MR) is 62.7 cm³/mol. The number of hydrogen-bond acceptors (Lipinski definition) is 3. The largest absolute Gasteiger partial charge is 0.480 e. The number of carboxylic acid groups (broad SMARTS) is 1. The van der Waals surface area contributed by atoms with Crippen LogP contribution in [0.15, 0.2) is 12.7 Å². The van der Waals surface area contributed by atoms with Crippen molar-refractivity contribution in [2.24, 2.45) is 0 Å². The van der Waals surface area contributed by atoms with Gasteiger partial charge in [0.1, 0.15) is 11.6 Å². The van der Waals surface area contributed by atoms with Gasteiger partial charge in [-0.3, -0.25) is 4.90 Å². The van der Waals surface area contributed by atoms with Crippen LogP contribution >= 0.6 is 0 Å². The SMILES string of the molecule is C=C[C@H]1CC[C@H](C(=O)O)N1C(=O)OC(C)(C)C. The summed E-state index contributed by atoms with van der Waals surface area (Å²) >= 11 is 0.